The molecule has 1 aromatic rings. The van der Waals surface area contributed by atoms with Crippen molar-refractivity contribution in [3.8, 4) is 0 Å². The number of nitrogens with zero attached hydrogens (tertiary/aromatic N) is 1. The number of carbonyl (C=O) groups excluding carboxylic acids is 2. The minimum Gasteiger partial charge on any atom is -0.374 e. The molecule has 0 unspecified atom stereocenters. The van der Waals surface area contributed by atoms with Crippen LogP contribution in [0.5, 0.6) is 0 Å². The molecule has 2 bridgehead atoms. The molecule has 1 aromatic carbocycles. The monoisotopic (exact) mass is 311 g/mol. The first-order chi connectivity index (χ1) is 11.2. The predicted molar refractivity (Wildman–Crippen MR) is 83.7 cm³/mol. The third-order valence-electron chi connectivity index (χ3n) is 4.73. The number of benzene rings is 1. The number of ether oxygens (including phenoxy) is 2. The van der Waals surface area contributed by atoms with Crippen LogP contribution in [0.3, 0.4) is 0 Å². The van der Waals surface area contributed by atoms with Gasteiger partial charge in [0.2, 0.25) is 11.8 Å². The summed E-state index contributed by atoms with van der Waals surface area (Å²) in [7, 11) is 0. The lowest BCUT2D eigenvalue weighted by Gasteiger charge is -2.28. The van der Waals surface area contributed by atoms with Crippen molar-refractivity contribution in [2.45, 2.75) is 11.7 Å². The Balaban J connectivity index is 1.67. The van der Waals surface area contributed by atoms with Crippen LogP contribution in [0.4, 0.5) is 5.69 Å². The van der Waals surface area contributed by atoms with Crippen LogP contribution < -0.4 is 4.90 Å². The van der Waals surface area contributed by atoms with Gasteiger partial charge in [0.15, 0.2) is 0 Å². The van der Waals surface area contributed by atoms with Crippen LogP contribution in [0.2, 0.25) is 0 Å². The van der Waals surface area contributed by atoms with E-state index >= 15 is 0 Å². The summed E-state index contributed by atoms with van der Waals surface area (Å²) >= 11 is 0. The summed E-state index contributed by atoms with van der Waals surface area (Å²) in [5, 5.41) is 0. The fourth-order valence-corrected chi connectivity index (χ4v) is 3.80. The molecule has 4 atom stereocenters. The molecule has 0 aromatic heterocycles. The maximum Gasteiger partial charge on any atom is 0.241 e. The number of hydrogen-bond donors (Lipinski definition) is 0. The van der Waals surface area contributed by atoms with Crippen LogP contribution >= 0.6 is 0 Å². The number of carbonyl (C=O) groups is 2. The normalized spacial score (nSPS) is 34.3. The molecule has 2 fully saturated rings. The number of amides is 2. The van der Waals surface area contributed by atoms with Gasteiger partial charge >= 0.3 is 0 Å². The highest BCUT2D eigenvalue weighted by Gasteiger charge is 2.67. The van der Waals surface area contributed by atoms with E-state index in [1.54, 1.807) is 18.2 Å². The molecule has 3 heterocycles. The van der Waals surface area contributed by atoms with Gasteiger partial charge in [-0.1, -0.05) is 36.4 Å². The number of anilines is 1. The zero-order valence-electron chi connectivity index (χ0n) is 12.6. The minimum absolute atomic E-state index is 0.189. The summed E-state index contributed by atoms with van der Waals surface area (Å²) in [5.41, 5.74) is -0.229. The fraction of sp³-hybridized carbons (Fsp3) is 0.333. The van der Waals surface area contributed by atoms with Crippen molar-refractivity contribution in [1.29, 1.82) is 0 Å². The zero-order valence-corrected chi connectivity index (χ0v) is 12.6. The molecule has 4 rings (SSSR count). The van der Waals surface area contributed by atoms with Gasteiger partial charge in [-0.05, 0) is 12.1 Å². The Hall–Kier alpha value is -2.24. The molecular formula is C18H17NO4. The van der Waals surface area contributed by atoms with Crippen LogP contribution in [-0.2, 0) is 19.1 Å². The fourth-order valence-electron chi connectivity index (χ4n) is 3.80. The molecule has 23 heavy (non-hydrogen) atoms. The third-order valence-corrected chi connectivity index (χ3v) is 4.73. The maximum atomic E-state index is 12.9. The number of hydrogen-bond acceptors (Lipinski definition) is 4. The van der Waals surface area contributed by atoms with Crippen molar-refractivity contribution in [3.05, 3.63) is 55.1 Å². The molecule has 5 heteroatoms. The first kappa shape index (κ1) is 14.4. The van der Waals surface area contributed by atoms with Gasteiger partial charge in [0, 0.05) is 0 Å². The second-order valence-corrected chi connectivity index (χ2v) is 6.05. The lowest BCUT2D eigenvalue weighted by molar-refractivity contribution is -0.128. The SMILES string of the molecule is C=CCOC[C@@]12C=C[C@@H](O1)[C@@H]1C(=O)N(c3ccccc3)C(=O)[C@@H]12. The first-order valence-electron chi connectivity index (χ1n) is 7.67. The van der Waals surface area contributed by atoms with Crippen LogP contribution in [0.25, 0.3) is 0 Å². The average molecular weight is 311 g/mol. The van der Waals surface area contributed by atoms with E-state index in [-0.39, 0.29) is 24.5 Å². The lowest BCUT2D eigenvalue weighted by atomic mass is 9.77. The number of rotatable bonds is 5. The predicted octanol–water partition coefficient (Wildman–Crippen LogP) is 1.70. The van der Waals surface area contributed by atoms with Crippen LogP contribution in [0.15, 0.2) is 55.1 Å². The lowest BCUT2D eigenvalue weighted by Crippen LogP contribution is -2.44. The molecule has 2 saturated heterocycles. The summed E-state index contributed by atoms with van der Waals surface area (Å²) in [6.07, 6.45) is 5.05. The van der Waals surface area contributed by atoms with Gasteiger partial charge in [0.1, 0.15) is 5.60 Å². The standard InChI is InChI=1S/C18H17NO4/c1-2-10-22-11-18-9-8-13(23-18)14-15(18)17(21)19(16(14)20)12-6-4-3-5-7-12/h2-9,13-15H,1,10-11H2/t13-,14+,15-,18-/m1/s1. The Bertz CT molecular complexity index is 698. The second kappa shape index (κ2) is 5.15. The van der Waals surface area contributed by atoms with Gasteiger partial charge in [0.25, 0.3) is 0 Å². The van der Waals surface area contributed by atoms with Crippen LogP contribution in [0.1, 0.15) is 0 Å². The van der Waals surface area contributed by atoms with E-state index in [4.69, 9.17) is 9.47 Å². The smallest absolute Gasteiger partial charge is 0.241 e. The highest BCUT2D eigenvalue weighted by molar-refractivity contribution is 6.23. The topological polar surface area (TPSA) is 55.8 Å². The van der Waals surface area contributed by atoms with Crippen molar-refractivity contribution >= 4 is 17.5 Å². The molecule has 0 saturated carbocycles. The largest absolute Gasteiger partial charge is 0.374 e. The molecule has 5 nitrogen and oxygen atoms in total. The molecule has 0 radical (unpaired) electrons. The molecule has 3 aliphatic rings. The zero-order chi connectivity index (χ0) is 16.0. The minimum atomic E-state index is -0.839. The van der Waals surface area contributed by atoms with Crippen molar-refractivity contribution < 1.29 is 19.1 Å². The van der Waals surface area contributed by atoms with Gasteiger partial charge in [-0.2, -0.15) is 0 Å². The number of para-hydroxylation sites is 1. The summed E-state index contributed by atoms with van der Waals surface area (Å²) in [5.74, 6) is -1.37. The third kappa shape index (κ3) is 1.93. The first-order valence-corrected chi connectivity index (χ1v) is 7.67. The van der Waals surface area contributed by atoms with Gasteiger partial charge in [0.05, 0.1) is 36.8 Å². The van der Waals surface area contributed by atoms with E-state index in [0.717, 1.165) is 0 Å². The van der Waals surface area contributed by atoms with Gasteiger partial charge in [-0.3, -0.25) is 9.59 Å². The number of fused-ring (bicyclic) bond motifs is 5. The van der Waals surface area contributed by atoms with Gasteiger partial charge < -0.3 is 9.47 Å². The summed E-state index contributed by atoms with van der Waals surface area (Å²) in [6.45, 7) is 4.24. The van der Waals surface area contributed by atoms with E-state index in [0.29, 0.717) is 12.3 Å². The molecule has 3 aliphatic heterocycles. The summed E-state index contributed by atoms with van der Waals surface area (Å²) in [6, 6.07) is 9.03. The van der Waals surface area contributed by atoms with E-state index in [9.17, 15) is 9.59 Å². The van der Waals surface area contributed by atoms with E-state index in [1.807, 2.05) is 30.4 Å². The van der Waals surface area contributed by atoms with E-state index in [2.05, 4.69) is 6.58 Å². The molecule has 2 amide bonds. The van der Waals surface area contributed by atoms with Gasteiger partial charge in [-0.25, -0.2) is 4.90 Å². The van der Waals surface area contributed by atoms with Crippen molar-refractivity contribution in [3.63, 3.8) is 0 Å². The highest BCUT2D eigenvalue weighted by Crippen LogP contribution is 2.52. The quantitative estimate of drug-likeness (QED) is 0.472. The Morgan fingerprint density at radius 1 is 1.26 bits per heavy atom. The molecule has 0 aliphatic carbocycles. The van der Waals surface area contributed by atoms with Crippen molar-refractivity contribution in [2.24, 2.45) is 11.8 Å². The Labute approximate surface area is 134 Å². The Morgan fingerprint density at radius 3 is 2.78 bits per heavy atom. The molecular weight excluding hydrogens is 294 g/mol. The number of imide groups is 1. The highest BCUT2D eigenvalue weighted by atomic mass is 16.6. The Morgan fingerprint density at radius 2 is 2.04 bits per heavy atom. The molecule has 118 valence electrons. The summed E-state index contributed by atoms with van der Waals surface area (Å²) in [4.78, 5) is 27.0. The van der Waals surface area contributed by atoms with Crippen molar-refractivity contribution in [2.75, 3.05) is 18.1 Å². The maximum absolute atomic E-state index is 12.9. The average Bonchev–Trinajstić information content (AvgIpc) is 3.19. The Kier molecular flexibility index (Phi) is 3.21. The summed E-state index contributed by atoms with van der Waals surface area (Å²) < 4.78 is 11.5. The van der Waals surface area contributed by atoms with Crippen LogP contribution in [0, 0.1) is 11.8 Å². The van der Waals surface area contributed by atoms with Crippen molar-refractivity contribution in [1.82, 2.24) is 0 Å². The molecule has 0 spiro atoms. The second-order valence-electron chi connectivity index (χ2n) is 6.05. The molecule has 0 N–H and O–H groups in total. The van der Waals surface area contributed by atoms with E-state index < -0.39 is 17.4 Å². The van der Waals surface area contributed by atoms with Gasteiger partial charge in [-0.15, -0.1) is 6.58 Å². The van der Waals surface area contributed by atoms with E-state index in [1.165, 1.54) is 4.90 Å². The van der Waals surface area contributed by atoms with Crippen LogP contribution in [-0.4, -0.2) is 36.7 Å².